The number of nitriles is 1. The van der Waals surface area contributed by atoms with Gasteiger partial charge < -0.3 is 9.90 Å². The van der Waals surface area contributed by atoms with Gasteiger partial charge in [0.2, 0.25) is 0 Å². The second kappa shape index (κ2) is 10.2. The second-order valence-electron chi connectivity index (χ2n) is 7.69. The van der Waals surface area contributed by atoms with Crippen LogP contribution in [-0.2, 0) is 16.0 Å². The smallest absolute Gasteiger partial charge is 0.196 e. The first-order valence-electron chi connectivity index (χ1n) is 10.2. The molecule has 3 atom stereocenters. The van der Waals surface area contributed by atoms with Crippen molar-refractivity contribution in [3.8, 4) is 11.8 Å². The van der Waals surface area contributed by atoms with Gasteiger partial charge in [0.05, 0.1) is 12.6 Å². The molecule has 2 aliphatic rings. The van der Waals surface area contributed by atoms with Crippen molar-refractivity contribution in [2.75, 3.05) is 24.4 Å². The van der Waals surface area contributed by atoms with Crippen molar-refractivity contribution in [2.24, 2.45) is 11.8 Å². The Hall–Kier alpha value is -2.28. The van der Waals surface area contributed by atoms with Gasteiger partial charge in [0.25, 0.3) is 0 Å². The summed E-state index contributed by atoms with van der Waals surface area (Å²) < 4.78 is 31.1. The average Bonchev–Trinajstić information content (AvgIpc) is 2.71. The van der Waals surface area contributed by atoms with E-state index in [1.54, 1.807) is 0 Å². The van der Waals surface area contributed by atoms with E-state index in [-0.39, 0.29) is 29.8 Å². The Bertz CT molecular complexity index is 882. The molecule has 7 nitrogen and oxygen atoms in total. The summed E-state index contributed by atoms with van der Waals surface area (Å²) in [6, 6.07) is 4.77. The summed E-state index contributed by atoms with van der Waals surface area (Å²) in [4.78, 5) is 11.0. The summed E-state index contributed by atoms with van der Waals surface area (Å²) in [5, 5.41) is 22.9. The Kier molecular flexibility index (Phi) is 7.58. The van der Waals surface area contributed by atoms with Crippen LogP contribution in [0.25, 0.3) is 5.57 Å². The molecule has 1 heterocycles. The van der Waals surface area contributed by atoms with Gasteiger partial charge in [0.15, 0.2) is 17.0 Å². The normalized spacial score (nSPS) is 22.5. The molecule has 1 aromatic rings. The van der Waals surface area contributed by atoms with Crippen molar-refractivity contribution >= 4 is 28.7 Å². The van der Waals surface area contributed by atoms with Crippen LogP contribution in [0.15, 0.2) is 18.2 Å². The molecule has 3 unspecified atom stereocenters. The summed E-state index contributed by atoms with van der Waals surface area (Å²) in [7, 11) is 1.41. The van der Waals surface area contributed by atoms with Crippen LogP contribution in [-0.4, -0.2) is 41.8 Å². The number of halogens is 1. The molecule has 0 saturated heterocycles. The highest BCUT2D eigenvalue weighted by Crippen LogP contribution is 2.38. The van der Waals surface area contributed by atoms with E-state index in [0.717, 1.165) is 17.1 Å². The SMILES string of the molecule is CNS(=O)N(CC=O)c1c(O)ccc(C2=CC(CCC3CCC3)C(C#N)NC2)c1F. The molecule has 1 aliphatic heterocycles. The van der Waals surface area contributed by atoms with Gasteiger partial charge in [-0.15, -0.1) is 0 Å². The number of hydrogen-bond acceptors (Lipinski definition) is 5. The number of aromatic hydroxyl groups is 1. The van der Waals surface area contributed by atoms with Crippen LogP contribution >= 0.6 is 0 Å². The first-order valence-corrected chi connectivity index (χ1v) is 11.3. The third kappa shape index (κ3) is 4.72. The number of hydrogen-bond donors (Lipinski definition) is 3. The molecule has 0 radical (unpaired) electrons. The number of nitrogens with zero attached hydrogens (tertiary/aromatic N) is 2. The molecular formula is C21H27FN4O3S. The number of anilines is 1. The number of benzene rings is 1. The molecule has 0 spiro atoms. The fourth-order valence-corrected chi connectivity index (χ4v) is 4.79. The van der Waals surface area contributed by atoms with E-state index >= 15 is 4.39 Å². The number of carbonyl (C=O) groups excluding carboxylic acids is 1. The molecule has 0 aromatic heterocycles. The number of aldehydes is 1. The lowest BCUT2D eigenvalue weighted by molar-refractivity contribution is -0.106. The van der Waals surface area contributed by atoms with E-state index in [0.29, 0.717) is 24.3 Å². The topological polar surface area (TPSA) is 105 Å². The molecule has 1 aliphatic carbocycles. The number of rotatable bonds is 9. The number of nitrogens with one attached hydrogen (secondary N) is 2. The van der Waals surface area contributed by atoms with Gasteiger partial charge in [-0.2, -0.15) is 5.26 Å². The zero-order valence-electron chi connectivity index (χ0n) is 16.9. The molecule has 1 aromatic carbocycles. The average molecular weight is 435 g/mol. The molecule has 30 heavy (non-hydrogen) atoms. The summed E-state index contributed by atoms with van der Waals surface area (Å²) in [5.41, 5.74) is 0.645. The quantitative estimate of drug-likeness (QED) is 0.518. The minimum atomic E-state index is -1.89. The molecule has 1 fully saturated rings. The van der Waals surface area contributed by atoms with Gasteiger partial charge in [-0.3, -0.25) is 9.62 Å². The van der Waals surface area contributed by atoms with E-state index in [2.05, 4.69) is 16.1 Å². The lowest BCUT2D eigenvalue weighted by atomic mass is 9.78. The fourth-order valence-electron chi connectivity index (χ4n) is 4.03. The zero-order valence-corrected chi connectivity index (χ0v) is 17.8. The van der Waals surface area contributed by atoms with E-state index in [1.165, 1.54) is 38.4 Å². The Morgan fingerprint density at radius 3 is 2.80 bits per heavy atom. The molecule has 3 N–H and O–H groups in total. The predicted molar refractivity (Wildman–Crippen MR) is 114 cm³/mol. The van der Waals surface area contributed by atoms with Crippen molar-refractivity contribution < 1.29 is 18.5 Å². The lowest BCUT2D eigenvalue weighted by Crippen LogP contribution is -2.39. The first kappa shape index (κ1) is 22.4. The summed E-state index contributed by atoms with van der Waals surface area (Å²) in [6.45, 7) is -0.0404. The van der Waals surface area contributed by atoms with Crippen molar-refractivity contribution in [1.82, 2.24) is 10.0 Å². The zero-order chi connectivity index (χ0) is 21.7. The number of carbonyl (C=O) groups is 1. The highest BCUT2D eigenvalue weighted by Gasteiger charge is 2.29. The Labute approximate surface area is 178 Å². The minimum absolute atomic E-state index is 0.0338. The minimum Gasteiger partial charge on any atom is -0.506 e. The van der Waals surface area contributed by atoms with Crippen molar-refractivity contribution in [3.63, 3.8) is 0 Å². The van der Waals surface area contributed by atoms with Crippen molar-refractivity contribution in [2.45, 2.75) is 38.1 Å². The Balaban J connectivity index is 1.93. The van der Waals surface area contributed by atoms with Crippen LogP contribution in [0, 0.1) is 29.0 Å². The van der Waals surface area contributed by atoms with E-state index in [1.807, 2.05) is 6.08 Å². The van der Waals surface area contributed by atoms with Gasteiger partial charge >= 0.3 is 0 Å². The molecule has 9 heteroatoms. The maximum atomic E-state index is 15.5. The van der Waals surface area contributed by atoms with Gasteiger partial charge in [0, 0.05) is 18.0 Å². The van der Waals surface area contributed by atoms with Crippen LogP contribution in [0.5, 0.6) is 5.75 Å². The monoisotopic (exact) mass is 434 g/mol. The fraction of sp³-hybridized carbons (Fsp3) is 0.524. The molecule has 1 saturated carbocycles. The predicted octanol–water partition coefficient (Wildman–Crippen LogP) is 2.41. The van der Waals surface area contributed by atoms with Crippen LogP contribution in [0.3, 0.4) is 0 Å². The highest BCUT2D eigenvalue weighted by molar-refractivity contribution is 7.84. The van der Waals surface area contributed by atoms with Crippen LogP contribution < -0.4 is 14.3 Å². The summed E-state index contributed by atoms with van der Waals surface area (Å²) in [6.07, 6.45) is 8.08. The lowest BCUT2D eigenvalue weighted by Gasteiger charge is -2.31. The second-order valence-corrected chi connectivity index (χ2v) is 9.04. The van der Waals surface area contributed by atoms with Gasteiger partial charge in [-0.25, -0.2) is 13.3 Å². The number of phenols is 1. The van der Waals surface area contributed by atoms with Crippen LogP contribution in [0.1, 0.15) is 37.7 Å². The molecule has 162 valence electrons. The maximum Gasteiger partial charge on any atom is 0.196 e. The third-order valence-corrected chi connectivity index (χ3v) is 7.01. The molecular weight excluding hydrogens is 407 g/mol. The standard InChI is InChI=1S/C21H27FN4O3S/c1-24-30(29)26(9-10-27)21-19(28)8-7-17(20(21)22)16-11-15(18(12-23)25-13-16)6-5-14-3-2-4-14/h7-8,10-11,14-15,18,24-25,28H,2-6,9,13H2,1H3. The van der Waals surface area contributed by atoms with Crippen LogP contribution in [0.4, 0.5) is 10.1 Å². The van der Waals surface area contributed by atoms with E-state index in [4.69, 9.17) is 0 Å². The summed E-state index contributed by atoms with van der Waals surface area (Å²) >= 11 is -1.89. The Morgan fingerprint density at radius 2 is 2.20 bits per heavy atom. The molecule has 3 rings (SSSR count). The van der Waals surface area contributed by atoms with E-state index < -0.39 is 22.7 Å². The van der Waals surface area contributed by atoms with E-state index in [9.17, 15) is 19.4 Å². The summed E-state index contributed by atoms with van der Waals surface area (Å²) in [5.74, 6) is -0.466. The molecule has 0 amide bonds. The maximum absolute atomic E-state index is 15.5. The van der Waals surface area contributed by atoms with Crippen molar-refractivity contribution in [3.05, 3.63) is 29.6 Å². The molecule has 0 bridgehead atoms. The number of phenolic OH excluding ortho intramolecular Hbond substituents is 1. The highest BCUT2D eigenvalue weighted by atomic mass is 32.2. The van der Waals surface area contributed by atoms with Crippen LogP contribution in [0.2, 0.25) is 0 Å². The van der Waals surface area contributed by atoms with Gasteiger partial charge in [0.1, 0.15) is 23.8 Å². The van der Waals surface area contributed by atoms with Gasteiger partial charge in [-0.1, -0.05) is 25.3 Å². The first-order chi connectivity index (χ1) is 14.5. The van der Waals surface area contributed by atoms with Crippen molar-refractivity contribution in [1.29, 1.82) is 5.26 Å². The largest absolute Gasteiger partial charge is 0.506 e. The third-order valence-electron chi connectivity index (χ3n) is 5.93. The Morgan fingerprint density at radius 1 is 1.43 bits per heavy atom. The van der Waals surface area contributed by atoms with Gasteiger partial charge in [-0.05, 0) is 43.5 Å².